The van der Waals surface area contributed by atoms with Crippen LogP contribution in [0.4, 0.5) is 5.13 Å². The summed E-state index contributed by atoms with van der Waals surface area (Å²) in [6, 6.07) is 0. The molecule has 1 aromatic heterocycles. The Morgan fingerprint density at radius 2 is 1.94 bits per heavy atom. The number of nitrogens with one attached hydrogen (secondary N) is 2. The van der Waals surface area contributed by atoms with Crippen molar-refractivity contribution in [3.63, 3.8) is 0 Å². The Morgan fingerprint density at radius 1 is 1.33 bits per heavy atom. The van der Waals surface area contributed by atoms with Gasteiger partial charge in [-0.3, -0.25) is 9.63 Å². The van der Waals surface area contributed by atoms with Gasteiger partial charge >= 0.3 is 0 Å². The van der Waals surface area contributed by atoms with Crippen molar-refractivity contribution in [1.82, 2.24) is 15.1 Å². The molecule has 0 saturated heterocycles. The molecule has 1 heterocycles. The third-order valence-electron chi connectivity index (χ3n) is 1.38. The Balaban J connectivity index is 2.79. The standard InChI is InChI=1S/C8H14N4O4S2/c1-5(13)9-6-10-11-7(17-6)18(14,15)12-16-8(2,3)4/h12H,1-4H3,(H,9,10,13). The van der Waals surface area contributed by atoms with Gasteiger partial charge in [0.25, 0.3) is 14.4 Å². The molecule has 0 fully saturated rings. The molecular formula is C8H14N4O4S2. The molecule has 10 heteroatoms. The predicted molar refractivity (Wildman–Crippen MR) is 65.4 cm³/mol. The van der Waals surface area contributed by atoms with E-state index in [2.05, 4.69) is 15.5 Å². The highest BCUT2D eigenvalue weighted by molar-refractivity contribution is 7.91. The Morgan fingerprint density at radius 3 is 2.44 bits per heavy atom. The van der Waals surface area contributed by atoms with Gasteiger partial charge < -0.3 is 5.32 Å². The van der Waals surface area contributed by atoms with E-state index < -0.39 is 15.6 Å². The van der Waals surface area contributed by atoms with Crippen LogP contribution in [-0.4, -0.2) is 30.1 Å². The summed E-state index contributed by atoms with van der Waals surface area (Å²) in [6.07, 6.45) is 0. The smallest absolute Gasteiger partial charge is 0.291 e. The molecule has 0 aliphatic rings. The third-order valence-corrected chi connectivity index (χ3v) is 3.76. The molecule has 0 saturated carbocycles. The summed E-state index contributed by atoms with van der Waals surface area (Å²) in [5, 5.41) is 9.45. The Bertz CT molecular complexity index is 532. The van der Waals surface area contributed by atoms with Crippen molar-refractivity contribution < 1.29 is 18.0 Å². The average Bonchev–Trinajstić information content (AvgIpc) is 2.62. The van der Waals surface area contributed by atoms with Crippen LogP contribution in [0.1, 0.15) is 27.7 Å². The van der Waals surface area contributed by atoms with Crippen LogP contribution in [0.25, 0.3) is 0 Å². The maximum Gasteiger partial charge on any atom is 0.291 e. The van der Waals surface area contributed by atoms with Gasteiger partial charge in [0.05, 0.1) is 5.60 Å². The van der Waals surface area contributed by atoms with E-state index in [1.807, 2.05) is 4.89 Å². The molecule has 2 N–H and O–H groups in total. The van der Waals surface area contributed by atoms with Crippen LogP contribution < -0.4 is 10.2 Å². The van der Waals surface area contributed by atoms with Crippen LogP contribution in [0.2, 0.25) is 0 Å². The number of hydrogen-bond donors (Lipinski definition) is 2. The van der Waals surface area contributed by atoms with Gasteiger partial charge in [-0.05, 0) is 20.8 Å². The number of amides is 1. The normalized spacial score (nSPS) is 12.4. The maximum absolute atomic E-state index is 11.7. The van der Waals surface area contributed by atoms with E-state index in [1.54, 1.807) is 20.8 Å². The average molecular weight is 294 g/mol. The minimum Gasteiger partial charge on any atom is -0.301 e. The molecule has 0 bridgehead atoms. The monoisotopic (exact) mass is 294 g/mol. The SMILES string of the molecule is CC(=O)Nc1nnc(S(=O)(=O)NOC(C)(C)C)s1. The van der Waals surface area contributed by atoms with E-state index in [-0.39, 0.29) is 15.4 Å². The lowest BCUT2D eigenvalue weighted by molar-refractivity contribution is -0.114. The molecule has 102 valence electrons. The highest BCUT2D eigenvalue weighted by Crippen LogP contribution is 2.20. The van der Waals surface area contributed by atoms with Gasteiger partial charge in [0.15, 0.2) is 0 Å². The topological polar surface area (TPSA) is 110 Å². The van der Waals surface area contributed by atoms with Crippen LogP contribution in [0.15, 0.2) is 4.34 Å². The fourth-order valence-electron chi connectivity index (χ4n) is 0.735. The van der Waals surface area contributed by atoms with Crippen LogP contribution in [0.3, 0.4) is 0 Å². The highest BCUT2D eigenvalue weighted by atomic mass is 32.2. The van der Waals surface area contributed by atoms with E-state index in [4.69, 9.17) is 4.84 Å². The first kappa shape index (κ1) is 15.0. The van der Waals surface area contributed by atoms with Crippen molar-refractivity contribution in [2.24, 2.45) is 0 Å². The molecular weight excluding hydrogens is 280 g/mol. The van der Waals surface area contributed by atoms with E-state index in [1.165, 1.54) is 6.92 Å². The second kappa shape index (κ2) is 5.26. The van der Waals surface area contributed by atoms with Crippen molar-refractivity contribution in [3.05, 3.63) is 0 Å². The van der Waals surface area contributed by atoms with Crippen LogP contribution in [0.5, 0.6) is 0 Å². The molecule has 0 spiro atoms. The van der Waals surface area contributed by atoms with Gasteiger partial charge in [0.2, 0.25) is 11.0 Å². The minimum atomic E-state index is -3.89. The molecule has 0 unspecified atom stereocenters. The quantitative estimate of drug-likeness (QED) is 0.618. The molecule has 0 radical (unpaired) electrons. The number of sulfonamides is 1. The fourth-order valence-corrected chi connectivity index (χ4v) is 2.62. The lowest BCUT2D eigenvalue weighted by Crippen LogP contribution is -2.33. The Kier molecular flexibility index (Phi) is 4.37. The summed E-state index contributed by atoms with van der Waals surface area (Å²) < 4.78 is 23.2. The summed E-state index contributed by atoms with van der Waals surface area (Å²) in [4.78, 5) is 17.7. The Labute approximate surface area is 109 Å². The van der Waals surface area contributed by atoms with E-state index in [0.29, 0.717) is 0 Å². The molecule has 0 aromatic carbocycles. The number of hydrogen-bond acceptors (Lipinski definition) is 7. The minimum absolute atomic E-state index is 0.110. The summed E-state index contributed by atoms with van der Waals surface area (Å²) in [5.74, 6) is -0.353. The Hall–Kier alpha value is -1.10. The molecule has 1 rings (SSSR count). The lowest BCUT2D eigenvalue weighted by Gasteiger charge is -2.18. The molecule has 0 aliphatic carbocycles. The number of carbonyl (C=O) groups is 1. The number of anilines is 1. The summed E-state index contributed by atoms with van der Waals surface area (Å²) in [5.41, 5.74) is -0.668. The molecule has 18 heavy (non-hydrogen) atoms. The molecule has 0 atom stereocenters. The first-order valence-corrected chi connectivity index (χ1v) is 7.21. The fraction of sp³-hybridized carbons (Fsp3) is 0.625. The van der Waals surface area contributed by atoms with Crippen molar-refractivity contribution in [2.75, 3.05) is 5.32 Å². The zero-order valence-electron chi connectivity index (χ0n) is 10.3. The van der Waals surface area contributed by atoms with Crippen LogP contribution >= 0.6 is 11.3 Å². The zero-order valence-corrected chi connectivity index (χ0v) is 12.0. The van der Waals surface area contributed by atoms with Gasteiger partial charge in [0, 0.05) is 6.92 Å². The van der Waals surface area contributed by atoms with Crippen molar-refractivity contribution in [1.29, 1.82) is 0 Å². The first-order valence-electron chi connectivity index (χ1n) is 4.91. The summed E-state index contributed by atoms with van der Waals surface area (Å²) in [7, 11) is -3.89. The van der Waals surface area contributed by atoms with Gasteiger partial charge in [-0.15, -0.1) is 10.2 Å². The second-order valence-corrected chi connectivity index (χ2v) is 7.15. The lowest BCUT2D eigenvalue weighted by atomic mass is 10.2. The summed E-state index contributed by atoms with van der Waals surface area (Å²) in [6.45, 7) is 6.37. The number of carbonyl (C=O) groups excluding carboxylic acids is 1. The van der Waals surface area contributed by atoms with Crippen molar-refractivity contribution >= 4 is 32.4 Å². The van der Waals surface area contributed by atoms with Crippen molar-refractivity contribution in [2.45, 2.75) is 37.6 Å². The van der Waals surface area contributed by atoms with Gasteiger partial charge in [-0.1, -0.05) is 16.2 Å². The van der Waals surface area contributed by atoms with Gasteiger partial charge in [-0.2, -0.15) is 0 Å². The first-order chi connectivity index (χ1) is 8.10. The molecule has 1 amide bonds. The van der Waals surface area contributed by atoms with E-state index in [0.717, 1.165) is 11.3 Å². The zero-order chi connectivity index (χ0) is 14.0. The van der Waals surface area contributed by atoms with E-state index in [9.17, 15) is 13.2 Å². The molecule has 8 nitrogen and oxygen atoms in total. The highest BCUT2D eigenvalue weighted by Gasteiger charge is 2.23. The molecule has 1 aromatic rings. The van der Waals surface area contributed by atoms with Crippen molar-refractivity contribution in [3.8, 4) is 0 Å². The predicted octanol–water partition coefficient (Wildman–Crippen LogP) is 0.505. The second-order valence-electron chi connectivity index (χ2n) is 4.36. The van der Waals surface area contributed by atoms with Gasteiger partial charge in [0.1, 0.15) is 0 Å². The number of nitrogens with zero attached hydrogens (tertiary/aromatic N) is 2. The van der Waals surface area contributed by atoms with Gasteiger partial charge in [-0.25, -0.2) is 8.42 Å². The number of aromatic nitrogens is 2. The summed E-state index contributed by atoms with van der Waals surface area (Å²) >= 11 is 0.734. The third kappa shape index (κ3) is 4.64. The maximum atomic E-state index is 11.7. The van der Waals surface area contributed by atoms with Crippen LogP contribution in [0, 0.1) is 0 Å². The largest absolute Gasteiger partial charge is 0.301 e. The molecule has 0 aliphatic heterocycles. The van der Waals surface area contributed by atoms with E-state index >= 15 is 0 Å². The van der Waals surface area contributed by atoms with Crippen LogP contribution in [-0.2, 0) is 19.7 Å². The number of rotatable bonds is 4.